The molecule has 16 heavy (non-hydrogen) atoms. The van der Waals surface area contributed by atoms with Gasteiger partial charge in [-0.25, -0.2) is 9.59 Å². The largest absolute Gasteiger partial charge is 0.478 e. The predicted molar refractivity (Wildman–Crippen MR) is 60.1 cm³/mol. The van der Waals surface area contributed by atoms with Crippen molar-refractivity contribution in [2.75, 3.05) is 0 Å². The van der Waals surface area contributed by atoms with Gasteiger partial charge in [-0.05, 0) is 33.8 Å². The molecule has 5 heteroatoms. The number of carbonyl (C=O) groups is 2. The molecule has 92 valence electrons. The van der Waals surface area contributed by atoms with Crippen LogP contribution in [0.5, 0.6) is 0 Å². The van der Waals surface area contributed by atoms with Crippen molar-refractivity contribution in [1.82, 2.24) is 0 Å². The molecule has 0 aromatic heterocycles. The Morgan fingerprint density at radius 2 is 1.44 bits per heavy atom. The normalized spacial score (nSPS) is 13.6. The third kappa shape index (κ3) is 10.5. The van der Waals surface area contributed by atoms with Gasteiger partial charge in [0.1, 0.15) is 0 Å². The van der Waals surface area contributed by atoms with Gasteiger partial charge >= 0.3 is 11.9 Å². The first kappa shape index (κ1) is 16.8. The second kappa shape index (κ2) is 8.67. The molecule has 0 rings (SSSR count). The minimum absolute atomic E-state index is 0.171. The maximum Gasteiger partial charge on any atom is 0.331 e. The van der Waals surface area contributed by atoms with Crippen molar-refractivity contribution >= 4 is 11.9 Å². The number of hydrogen-bond donors (Lipinski definition) is 3. The summed E-state index contributed by atoms with van der Waals surface area (Å²) in [5.41, 5.74) is 0.560. The summed E-state index contributed by atoms with van der Waals surface area (Å²) in [6, 6.07) is 0. The van der Waals surface area contributed by atoms with Gasteiger partial charge in [-0.2, -0.15) is 0 Å². The van der Waals surface area contributed by atoms with Crippen LogP contribution in [0.4, 0.5) is 0 Å². The molecule has 0 aromatic carbocycles. The van der Waals surface area contributed by atoms with E-state index in [9.17, 15) is 9.59 Å². The lowest BCUT2D eigenvalue weighted by atomic mass is 10.2. The van der Waals surface area contributed by atoms with E-state index in [2.05, 4.69) is 0 Å². The van der Waals surface area contributed by atoms with Crippen LogP contribution in [0.25, 0.3) is 0 Å². The lowest BCUT2D eigenvalue weighted by Gasteiger charge is -1.95. The summed E-state index contributed by atoms with van der Waals surface area (Å²) in [6.45, 7) is 6.20. The Labute approximate surface area is 94.7 Å². The zero-order valence-electron chi connectivity index (χ0n) is 9.89. The summed E-state index contributed by atoms with van der Waals surface area (Å²) in [5, 5.41) is 25.0. The molecule has 0 fully saturated rings. The third-order valence-corrected chi connectivity index (χ3v) is 1.60. The highest BCUT2D eigenvalue weighted by atomic mass is 16.4. The summed E-state index contributed by atoms with van der Waals surface area (Å²) in [7, 11) is 0. The first-order valence-electron chi connectivity index (χ1n) is 4.68. The maximum absolute atomic E-state index is 10.1. The van der Waals surface area contributed by atoms with Gasteiger partial charge in [0, 0.05) is 11.1 Å². The van der Waals surface area contributed by atoms with Crippen molar-refractivity contribution in [3.8, 4) is 0 Å². The lowest BCUT2D eigenvalue weighted by Crippen LogP contribution is -2.01. The fourth-order valence-corrected chi connectivity index (χ4v) is 0.557. The van der Waals surface area contributed by atoms with Gasteiger partial charge in [-0.3, -0.25) is 0 Å². The van der Waals surface area contributed by atoms with E-state index in [-0.39, 0.29) is 5.57 Å². The number of aliphatic hydroxyl groups excluding tert-OH is 1. The zero-order chi connectivity index (χ0) is 13.3. The minimum atomic E-state index is -0.990. The molecule has 3 N–H and O–H groups in total. The van der Waals surface area contributed by atoms with E-state index in [1.54, 1.807) is 19.9 Å². The summed E-state index contributed by atoms with van der Waals surface area (Å²) in [4.78, 5) is 19.9. The number of aliphatic hydroxyl groups is 1. The number of hydrogen-bond acceptors (Lipinski definition) is 3. The Balaban J connectivity index is 0. The Morgan fingerprint density at radius 3 is 1.50 bits per heavy atom. The molecular weight excluding hydrogens is 212 g/mol. The van der Waals surface area contributed by atoms with E-state index >= 15 is 0 Å². The van der Waals surface area contributed by atoms with Crippen molar-refractivity contribution in [1.29, 1.82) is 0 Å². The summed E-state index contributed by atoms with van der Waals surface area (Å²) >= 11 is 0. The summed E-state index contributed by atoms with van der Waals surface area (Å²) in [6.07, 6.45) is 2.16. The lowest BCUT2D eigenvalue weighted by molar-refractivity contribution is -0.133. The fourth-order valence-electron chi connectivity index (χ4n) is 0.557. The third-order valence-electron chi connectivity index (χ3n) is 1.60. The molecular formula is C11H18O5. The highest BCUT2D eigenvalue weighted by Crippen LogP contribution is 1.94. The van der Waals surface area contributed by atoms with Crippen LogP contribution in [0.2, 0.25) is 0 Å². The van der Waals surface area contributed by atoms with Crippen LogP contribution in [-0.4, -0.2) is 33.4 Å². The van der Waals surface area contributed by atoms with Crippen molar-refractivity contribution in [3.63, 3.8) is 0 Å². The van der Waals surface area contributed by atoms with E-state index in [1.807, 2.05) is 0 Å². The summed E-state index contributed by atoms with van der Waals surface area (Å²) < 4.78 is 0. The summed E-state index contributed by atoms with van der Waals surface area (Å²) in [5.74, 6) is -1.83. The highest BCUT2D eigenvalue weighted by molar-refractivity contribution is 5.86. The maximum atomic E-state index is 10.1. The van der Waals surface area contributed by atoms with E-state index in [4.69, 9.17) is 15.3 Å². The second-order valence-corrected chi connectivity index (χ2v) is 3.17. The van der Waals surface area contributed by atoms with E-state index in [1.165, 1.54) is 19.9 Å². The number of rotatable bonds is 3. The van der Waals surface area contributed by atoms with Gasteiger partial charge in [0.25, 0.3) is 0 Å². The molecule has 0 aromatic rings. The number of carboxylic acid groups (broad SMARTS) is 2. The van der Waals surface area contributed by atoms with E-state index < -0.39 is 18.0 Å². The molecule has 0 radical (unpaired) electrons. The predicted octanol–water partition coefficient (Wildman–Crippen LogP) is 1.44. The Kier molecular flexibility index (Phi) is 9.10. The molecule has 0 aliphatic heterocycles. The average molecular weight is 230 g/mol. The number of aliphatic carboxylic acids is 2. The van der Waals surface area contributed by atoms with Crippen molar-refractivity contribution in [3.05, 3.63) is 23.3 Å². The van der Waals surface area contributed by atoms with Gasteiger partial charge in [-0.1, -0.05) is 6.08 Å². The molecule has 0 saturated carbocycles. The molecule has 0 saturated heterocycles. The van der Waals surface area contributed by atoms with Gasteiger partial charge < -0.3 is 15.3 Å². The topological polar surface area (TPSA) is 94.8 Å². The smallest absolute Gasteiger partial charge is 0.331 e. The molecule has 0 aliphatic carbocycles. The Morgan fingerprint density at radius 1 is 1.06 bits per heavy atom. The van der Waals surface area contributed by atoms with Crippen molar-refractivity contribution < 1.29 is 24.9 Å². The van der Waals surface area contributed by atoms with Crippen LogP contribution in [0.15, 0.2) is 23.3 Å². The fraction of sp³-hybridized carbons (Fsp3) is 0.455. The Bertz CT molecular complexity index is 299. The molecule has 5 nitrogen and oxygen atoms in total. The van der Waals surface area contributed by atoms with Crippen LogP contribution < -0.4 is 0 Å². The van der Waals surface area contributed by atoms with Crippen LogP contribution in [0.1, 0.15) is 27.7 Å². The van der Waals surface area contributed by atoms with Gasteiger partial charge in [0.15, 0.2) is 0 Å². The first-order chi connectivity index (χ1) is 7.22. The van der Waals surface area contributed by atoms with Crippen LogP contribution in [-0.2, 0) is 9.59 Å². The van der Waals surface area contributed by atoms with E-state index in [0.717, 1.165) is 0 Å². The second-order valence-electron chi connectivity index (χ2n) is 3.17. The molecule has 0 aliphatic rings. The van der Waals surface area contributed by atoms with E-state index in [0.29, 0.717) is 5.57 Å². The van der Waals surface area contributed by atoms with Crippen molar-refractivity contribution in [2.45, 2.75) is 33.8 Å². The van der Waals surface area contributed by atoms with Crippen molar-refractivity contribution in [2.24, 2.45) is 0 Å². The van der Waals surface area contributed by atoms with Crippen LogP contribution >= 0.6 is 0 Å². The monoisotopic (exact) mass is 230 g/mol. The van der Waals surface area contributed by atoms with Crippen LogP contribution in [0, 0.1) is 0 Å². The average Bonchev–Trinajstić information content (AvgIpc) is 2.16. The van der Waals surface area contributed by atoms with Gasteiger partial charge in [0.2, 0.25) is 0 Å². The molecule has 1 atom stereocenters. The minimum Gasteiger partial charge on any atom is -0.478 e. The first-order valence-corrected chi connectivity index (χ1v) is 4.68. The number of allylic oxidation sites excluding steroid dienone is 1. The zero-order valence-corrected chi connectivity index (χ0v) is 9.89. The quantitative estimate of drug-likeness (QED) is 0.637. The molecule has 0 amide bonds. The standard InChI is InChI=1S/C6H10O3.C5H8O2/c1-4(6(8)9)3-5(2)7;1-3-4(2)5(6)7/h3,5,7H,1-2H3,(H,8,9);3H,1-2H3,(H,6,7). The van der Waals surface area contributed by atoms with Crippen LogP contribution in [0.3, 0.4) is 0 Å². The number of carboxylic acids is 2. The Hall–Kier alpha value is -1.62. The molecule has 0 heterocycles. The molecule has 1 unspecified atom stereocenters. The van der Waals surface area contributed by atoms with Gasteiger partial charge in [-0.15, -0.1) is 0 Å². The SMILES string of the molecule is CC(=CC(C)O)C(=O)O.CC=C(C)C(=O)O. The van der Waals surface area contributed by atoms with Gasteiger partial charge in [0.05, 0.1) is 6.10 Å². The molecule has 0 bridgehead atoms. The highest BCUT2D eigenvalue weighted by Gasteiger charge is 1.99. The molecule has 0 spiro atoms.